The van der Waals surface area contributed by atoms with E-state index in [0.29, 0.717) is 0 Å². The van der Waals surface area contributed by atoms with E-state index in [1.165, 1.54) is 0 Å². The molecular formula is C24H15BrO15. The molecule has 0 heterocycles. The van der Waals surface area contributed by atoms with Gasteiger partial charge in [0.25, 0.3) is 0 Å². The Kier molecular flexibility index (Phi) is 5.15. The molecule has 5 rings (SSSR count). The number of halogens is 1. The molecule has 15 nitrogen and oxygen atoms in total. The van der Waals surface area contributed by atoms with E-state index < -0.39 is 134 Å². The van der Waals surface area contributed by atoms with Crippen LogP contribution >= 0.6 is 15.9 Å². The van der Waals surface area contributed by atoms with Crippen molar-refractivity contribution in [2.45, 2.75) is 0 Å². The van der Waals surface area contributed by atoms with Crippen LogP contribution < -0.4 is 0 Å². The fourth-order valence-corrected chi connectivity index (χ4v) is 5.45. The second-order valence-electron chi connectivity index (χ2n) is 8.54. The van der Waals surface area contributed by atoms with E-state index in [1.807, 2.05) is 0 Å². The van der Waals surface area contributed by atoms with Crippen molar-refractivity contribution in [1.82, 2.24) is 0 Å². The van der Waals surface area contributed by atoms with Crippen LogP contribution in [0.5, 0.6) is 86.2 Å². The summed E-state index contributed by atoms with van der Waals surface area (Å²) in [6.07, 6.45) is 0. The lowest BCUT2D eigenvalue weighted by Gasteiger charge is -2.22. The first-order valence-electron chi connectivity index (χ1n) is 10.5. The first kappa shape index (κ1) is 26.0. The van der Waals surface area contributed by atoms with Gasteiger partial charge in [0.15, 0.2) is 46.0 Å². The zero-order valence-electron chi connectivity index (χ0n) is 19.1. The summed E-state index contributed by atoms with van der Waals surface area (Å²) in [6.45, 7) is 0. The SMILES string of the molecule is Oc1c(O)c(O)c2c(O)c(-c3c4c(O)c(O)c(O)c(O)c4c(Br)c4c(O)c(O)c(O)c(O)c34)c(O)c(O)c2c1O. The van der Waals surface area contributed by atoms with E-state index in [-0.39, 0.29) is 0 Å². The van der Waals surface area contributed by atoms with Gasteiger partial charge in [-0.2, -0.15) is 0 Å². The molecule has 0 aliphatic carbocycles. The number of benzene rings is 5. The standard InChI is InChI=1S/C24H15BrO15/c25-9-4-2(11(27)19(35)21(37)13(4)29)1(3-5(9)14(30)22(38)20(36)12(3)28)6-10(26)7-8(16(32)15(6)31)18(34)24(40)23(39)17(7)33/h26-40H. The molecule has 5 aromatic rings. The fourth-order valence-electron chi connectivity index (χ4n) is 4.68. The maximum absolute atomic E-state index is 11.2. The molecule has 0 amide bonds. The van der Waals surface area contributed by atoms with E-state index in [2.05, 4.69) is 15.9 Å². The zero-order valence-corrected chi connectivity index (χ0v) is 20.7. The van der Waals surface area contributed by atoms with Gasteiger partial charge in [0.05, 0.1) is 16.3 Å². The highest BCUT2D eigenvalue weighted by Gasteiger charge is 2.36. The van der Waals surface area contributed by atoms with E-state index in [0.717, 1.165) is 0 Å². The molecule has 0 spiro atoms. The molecule has 0 bridgehead atoms. The molecule has 0 fully saturated rings. The quantitative estimate of drug-likeness (QED) is 0.0724. The van der Waals surface area contributed by atoms with Crippen molar-refractivity contribution < 1.29 is 76.6 Å². The molecule has 0 unspecified atom stereocenters. The lowest BCUT2D eigenvalue weighted by molar-refractivity contribution is 0.347. The van der Waals surface area contributed by atoms with Crippen LogP contribution in [0.3, 0.4) is 0 Å². The van der Waals surface area contributed by atoms with Gasteiger partial charge in [0, 0.05) is 31.6 Å². The van der Waals surface area contributed by atoms with Crippen LogP contribution in [-0.2, 0) is 0 Å². The maximum atomic E-state index is 11.2. The van der Waals surface area contributed by atoms with Crippen LogP contribution in [0.25, 0.3) is 43.4 Å². The van der Waals surface area contributed by atoms with Crippen molar-refractivity contribution in [1.29, 1.82) is 0 Å². The lowest BCUT2D eigenvalue weighted by atomic mass is 9.86. The molecule has 5 aromatic carbocycles. The average molecular weight is 623 g/mol. The molecule has 0 atom stereocenters. The molecule has 0 saturated heterocycles. The third-order valence-electron chi connectivity index (χ3n) is 6.55. The number of rotatable bonds is 1. The highest BCUT2D eigenvalue weighted by molar-refractivity contribution is 9.10. The molecule has 16 heteroatoms. The summed E-state index contributed by atoms with van der Waals surface area (Å²) >= 11 is 2.97. The monoisotopic (exact) mass is 622 g/mol. The molecule has 0 aromatic heterocycles. The summed E-state index contributed by atoms with van der Waals surface area (Å²) in [4.78, 5) is 0. The van der Waals surface area contributed by atoms with Crippen molar-refractivity contribution in [2.75, 3.05) is 0 Å². The largest absolute Gasteiger partial charge is 0.506 e. The van der Waals surface area contributed by atoms with Crippen LogP contribution in [0.2, 0.25) is 0 Å². The van der Waals surface area contributed by atoms with Crippen LogP contribution in [-0.4, -0.2) is 76.6 Å². The Bertz CT molecular complexity index is 1940. The van der Waals surface area contributed by atoms with Gasteiger partial charge < -0.3 is 76.6 Å². The highest BCUT2D eigenvalue weighted by Crippen LogP contribution is 2.65. The van der Waals surface area contributed by atoms with Gasteiger partial charge in [0.1, 0.15) is 5.75 Å². The van der Waals surface area contributed by atoms with Crippen LogP contribution in [0.15, 0.2) is 4.47 Å². The number of phenols is 15. The average Bonchev–Trinajstić information content (AvgIpc) is 2.92. The first-order valence-corrected chi connectivity index (χ1v) is 11.3. The summed E-state index contributed by atoms with van der Waals surface area (Å²) in [7, 11) is 0. The Hall–Kier alpha value is -5.64. The van der Waals surface area contributed by atoms with Gasteiger partial charge in [-0.25, -0.2) is 0 Å². The second kappa shape index (κ2) is 7.93. The minimum atomic E-state index is -1.42. The number of aromatic hydroxyl groups is 15. The van der Waals surface area contributed by atoms with Gasteiger partial charge in [-0.05, 0) is 15.9 Å². The Balaban J connectivity index is 2.26. The number of hydrogen-bond donors (Lipinski definition) is 15. The van der Waals surface area contributed by atoms with Crippen molar-refractivity contribution in [3.8, 4) is 97.4 Å². The van der Waals surface area contributed by atoms with Crippen molar-refractivity contribution in [2.24, 2.45) is 0 Å². The summed E-state index contributed by atoms with van der Waals surface area (Å²) in [5.41, 5.74) is -2.04. The van der Waals surface area contributed by atoms with Crippen LogP contribution in [0.1, 0.15) is 0 Å². The predicted molar refractivity (Wildman–Crippen MR) is 137 cm³/mol. The van der Waals surface area contributed by atoms with Crippen molar-refractivity contribution in [3.05, 3.63) is 4.47 Å². The lowest BCUT2D eigenvalue weighted by Crippen LogP contribution is -1.94. The Morgan fingerprint density at radius 2 is 0.475 bits per heavy atom. The molecule has 40 heavy (non-hydrogen) atoms. The molecule has 15 N–H and O–H groups in total. The van der Waals surface area contributed by atoms with Gasteiger partial charge in [-0.15, -0.1) is 0 Å². The van der Waals surface area contributed by atoms with Gasteiger partial charge in [-0.1, -0.05) is 0 Å². The van der Waals surface area contributed by atoms with Gasteiger partial charge in [0.2, 0.25) is 34.5 Å². The molecule has 0 aliphatic rings. The summed E-state index contributed by atoms with van der Waals surface area (Å²) in [6, 6.07) is 0. The van der Waals surface area contributed by atoms with Crippen molar-refractivity contribution >= 4 is 48.2 Å². The van der Waals surface area contributed by atoms with Crippen LogP contribution in [0.4, 0.5) is 0 Å². The van der Waals surface area contributed by atoms with Gasteiger partial charge >= 0.3 is 0 Å². The number of fused-ring (bicyclic) bond motifs is 3. The topological polar surface area (TPSA) is 303 Å². The van der Waals surface area contributed by atoms with E-state index >= 15 is 0 Å². The third kappa shape index (κ3) is 2.81. The first-order chi connectivity index (χ1) is 18.6. The fraction of sp³-hybridized carbons (Fsp3) is 0. The normalized spacial score (nSPS) is 11.6. The zero-order chi connectivity index (χ0) is 29.9. The Morgan fingerprint density at radius 3 is 0.825 bits per heavy atom. The van der Waals surface area contributed by atoms with Gasteiger partial charge in [-0.3, -0.25) is 0 Å². The smallest absolute Gasteiger partial charge is 0.205 e. The molecule has 0 saturated carbocycles. The summed E-state index contributed by atoms with van der Waals surface area (Å²) in [5.74, 6) is -19.9. The maximum Gasteiger partial charge on any atom is 0.205 e. The minimum Gasteiger partial charge on any atom is -0.506 e. The van der Waals surface area contributed by atoms with Crippen LogP contribution in [0, 0.1) is 0 Å². The molecule has 0 radical (unpaired) electrons. The molecular weight excluding hydrogens is 608 g/mol. The summed E-state index contributed by atoms with van der Waals surface area (Å²) in [5, 5.41) is 152. The van der Waals surface area contributed by atoms with E-state index in [9.17, 15) is 76.6 Å². The van der Waals surface area contributed by atoms with Crippen molar-refractivity contribution in [3.63, 3.8) is 0 Å². The Morgan fingerprint density at radius 1 is 0.225 bits per heavy atom. The number of phenolic OH excluding ortho intramolecular Hbond substituents is 15. The third-order valence-corrected chi connectivity index (χ3v) is 7.34. The molecule has 208 valence electrons. The van der Waals surface area contributed by atoms with E-state index in [1.54, 1.807) is 0 Å². The number of hydrogen-bond acceptors (Lipinski definition) is 15. The second-order valence-corrected chi connectivity index (χ2v) is 9.34. The minimum absolute atomic E-state index is 0.500. The van der Waals surface area contributed by atoms with E-state index in [4.69, 9.17) is 0 Å². The highest BCUT2D eigenvalue weighted by atomic mass is 79.9. The Labute approximate surface area is 226 Å². The molecule has 0 aliphatic heterocycles. The predicted octanol–water partition coefficient (Wildman–Crippen LogP) is 3.16. The summed E-state index contributed by atoms with van der Waals surface area (Å²) < 4.78 is -0.500.